The van der Waals surface area contributed by atoms with Gasteiger partial charge in [0.05, 0.1) is 0 Å². The third-order valence-corrected chi connectivity index (χ3v) is 4.59. The molecule has 0 spiro atoms. The lowest BCUT2D eigenvalue weighted by molar-refractivity contribution is 0.344. The minimum Gasteiger partial charge on any atom is -0.382 e. The van der Waals surface area contributed by atoms with Gasteiger partial charge in [-0.1, -0.05) is 49.6 Å². The number of H-pyrrole nitrogens is 1. The molecule has 3 heteroatoms. The second-order valence-corrected chi connectivity index (χ2v) is 6.22. The van der Waals surface area contributed by atoms with Crippen molar-refractivity contribution in [2.45, 2.75) is 45.4 Å². The lowest BCUT2D eigenvalue weighted by atomic mass is 9.80. The van der Waals surface area contributed by atoms with E-state index in [1.165, 1.54) is 42.5 Å². The van der Waals surface area contributed by atoms with E-state index < -0.39 is 0 Å². The first-order chi connectivity index (χ1) is 9.65. The maximum absolute atomic E-state index is 6.10. The van der Waals surface area contributed by atoms with Gasteiger partial charge >= 0.3 is 0 Å². The Morgan fingerprint density at radius 2 is 1.75 bits per heavy atom. The number of anilines is 1. The quantitative estimate of drug-likeness (QED) is 0.855. The maximum Gasteiger partial charge on any atom is 0.153 e. The summed E-state index contributed by atoms with van der Waals surface area (Å²) in [4.78, 5) is 0. The number of hydrogen-bond donors (Lipinski definition) is 2. The molecule has 0 aliphatic heterocycles. The average Bonchev–Trinajstić information content (AvgIpc) is 2.83. The molecule has 1 aliphatic carbocycles. The van der Waals surface area contributed by atoms with Crippen LogP contribution in [-0.4, -0.2) is 10.2 Å². The molecule has 1 aromatic heterocycles. The van der Waals surface area contributed by atoms with E-state index in [0.717, 1.165) is 11.5 Å². The van der Waals surface area contributed by atoms with Crippen molar-refractivity contribution in [1.29, 1.82) is 0 Å². The molecule has 0 unspecified atom stereocenters. The third-order valence-electron chi connectivity index (χ3n) is 4.59. The van der Waals surface area contributed by atoms with Gasteiger partial charge in [0, 0.05) is 17.2 Å². The fourth-order valence-corrected chi connectivity index (χ4v) is 3.24. The van der Waals surface area contributed by atoms with Crippen molar-refractivity contribution in [2.75, 3.05) is 5.73 Å². The number of rotatable bonds is 2. The highest BCUT2D eigenvalue weighted by molar-refractivity contribution is 5.76. The van der Waals surface area contributed by atoms with Crippen LogP contribution < -0.4 is 5.73 Å². The topological polar surface area (TPSA) is 54.7 Å². The molecule has 1 fully saturated rings. The summed E-state index contributed by atoms with van der Waals surface area (Å²) in [6, 6.07) is 8.56. The molecule has 1 saturated carbocycles. The first-order valence-corrected chi connectivity index (χ1v) is 7.56. The third kappa shape index (κ3) is 2.45. The van der Waals surface area contributed by atoms with Gasteiger partial charge in [-0.3, -0.25) is 5.10 Å². The van der Waals surface area contributed by atoms with Gasteiger partial charge in [0.15, 0.2) is 5.82 Å². The summed E-state index contributed by atoms with van der Waals surface area (Å²) in [5.41, 5.74) is 10.9. The molecule has 3 nitrogen and oxygen atoms in total. The van der Waals surface area contributed by atoms with Crippen LogP contribution in [0.15, 0.2) is 24.3 Å². The van der Waals surface area contributed by atoms with Crippen molar-refractivity contribution < 1.29 is 0 Å². The lowest BCUT2D eigenvalue weighted by Crippen LogP contribution is -2.12. The molecule has 1 aliphatic rings. The van der Waals surface area contributed by atoms with Crippen LogP contribution in [0.3, 0.4) is 0 Å². The normalized spacial score (nSPS) is 22.9. The molecule has 0 bridgehead atoms. The molecular weight excluding hydrogens is 246 g/mol. The van der Waals surface area contributed by atoms with Crippen molar-refractivity contribution in [2.24, 2.45) is 5.92 Å². The zero-order valence-corrected chi connectivity index (χ0v) is 12.3. The van der Waals surface area contributed by atoms with Crippen LogP contribution in [0.2, 0.25) is 0 Å². The van der Waals surface area contributed by atoms with Gasteiger partial charge in [0.2, 0.25) is 0 Å². The standard InChI is InChI=1S/C17H23N3/c1-11-3-7-13(8-4-11)15-16(19-20-17(15)18)14-9-5-12(2)6-10-14/h3-4,7-8,12,14H,5-6,9-10H2,1-2H3,(H3,18,19,20). The predicted octanol–water partition coefficient (Wildman–Crippen LogP) is 4.26. The molecule has 3 rings (SSSR count). The number of nitrogen functional groups attached to an aromatic ring is 1. The van der Waals surface area contributed by atoms with E-state index in [2.05, 4.69) is 48.3 Å². The number of benzene rings is 1. The van der Waals surface area contributed by atoms with Gasteiger partial charge in [-0.2, -0.15) is 5.10 Å². The molecule has 0 atom stereocenters. The number of nitrogens with two attached hydrogens (primary N) is 1. The van der Waals surface area contributed by atoms with Gasteiger partial charge in [0.1, 0.15) is 0 Å². The zero-order chi connectivity index (χ0) is 14.1. The molecule has 2 aromatic rings. The van der Waals surface area contributed by atoms with Gasteiger partial charge in [0.25, 0.3) is 0 Å². The molecular formula is C17H23N3. The van der Waals surface area contributed by atoms with Crippen molar-refractivity contribution in [3.63, 3.8) is 0 Å². The average molecular weight is 269 g/mol. The van der Waals surface area contributed by atoms with Crippen molar-refractivity contribution in [1.82, 2.24) is 10.2 Å². The van der Waals surface area contributed by atoms with Crippen molar-refractivity contribution in [3.05, 3.63) is 35.5 Å². The Morgan fingerprint density at radius 1 is 1.10 bits per heavy atom. The minimum atomic E-state index is 0.576. The Morgan fingerprint density at radius 3 is 2.40 bits per heavy atom. The number of nitrogens with one attached hydrogen (secondary N) is 1. The van der Waals surface area contributed by atoms with E-state index in [9.17, 15) is 0 Å². The highest BCUT2D eigenvalue weighted by atomic mass is 15.2. The van der Waals surface area contributed by atoms with Gasteiger partial charge in [-0.25, -0.2) is 0 Å². The van der Waals surface area contributed by atoms with Gasteiger partial charge < -0.3 is 5.73 Å². The largest absolute Gasteiger partial charge is 0.382 e. The van der Waals surface area contributed by atoms with Crippen LogP contribution in [0.4, 0.5) is 5.82 Å². The smallest absolute Gasteiger partial charge is 0.153 e. The summed E-state index contributed by atoms with van der Waals surface area (Å²) >= 11 is 0. The van der Waals surface area contributed by atoms with E-state index >= 15 is 0 Å². The fraction of sp³-hybridized carbons (Fsp3) is 0.471. The summed E-state index contributed by atoms with van der Waals surface area (Å²) in [5.74, 6) is 2.06. The summed E-state index contributed by atoms with van der Waals surface area (Å²) in [5, 5.41) is 7.46. The number of aromatic amines is 1. The molecule has 1 heterocycles. The molecule has 0 amide bonds. The SMILES string of the molecule is Cc1ccc(-c2c(N)n[nH]c2C2CCC(C)CC2)cc1. The Hall–Kier alpha value is -1.77. The summed E-state index contributed by atoms with van der Waals surface area (Å²) in [6.07, 6.45) is 5.08. The van der Waals surface area contributed by atoms with Crippen LogP contribution in [0, 0.1) is 12.8 Å². The first kappa shape index (κ1) is 13.2. The van der Waals surface area contributed by atoms with Crippen LogP contribution in [0.1, 0.15) is 49.8 Å². The van der Waals surface area contributed by atoms with E-state index in [-0.39, 0.29) is 0 Å². The molecule has 0 saturated heterocycles. The van der Waals surface area contributed by atoms with Crippen molar-refractivity contribution >= 4 is 5.82 Å². The Kier molecular flexibility index (Phi) is 3.51. The number of hydrogen-bond acceptors (Lipinski definition) is 2. The second-order valence-electron chi connectivity index (χ2n) is 6.22. The van der Waals surface area contributed by atoms with Crippen LogP contribution >= 0.6 is 0 Å². The van der Waals surface area contributed by atoms with Gasteiger partial charge in [-0.15, -0.1) is 0 Å². The van der Waals surface area contributed by atoms with E-state index in [1.807, 2.05) is 0 Å². The van der Waals surface area contributed by atoms with E-state index in [0.29, 0.717) is 11.7 Å². The molecule has 0 radical (unpaired) electrons. The van der Waals surface area contributed by atoms with Crippen LogP contribution in [0.25, 0.3) is 11.1 Å². The Labute approximate surface area is 120 Å². The highest BCUT2D eigenvalue weighted by Crippen LogP contribution is 2.40. The molecule has 20 heavy (non-hydrogen) atoms. The predicted molar refractivity (Wildman–Crippen MR) is 83.5 cm³/mol. The monoisotopic (exact) mass is 269 g/mol. The lowest BCUT2D eigenvalue weighted by Gasteiger charge is -2.26. The Bertz CT molecular complexity index is 575. The summed E-state index contributed by atoms with van der Waals surface area (Å²) in [6.45, 7) is 4.45. The van der Waals surface area contributed by atoms with E-state index in [1.54, 1.807) is 0 Å². The molecule has 106 valence electrons. The number of aryl methyl sites for hydroxylation is 1. The first-order valence-electron chi connectivity index (χ1n) is 7.56. The number of aromatic nitrogens is 2. The maximum atomic E-state index is 6.10. The number of nitrogens with zero attached hydrogens (tertiary/aromatic N) is 1. The summed E-state index contributed by atoms with van der Waals surface area (Å²) in [7, 11) is 0. The van der Waals surface area contributed by atoms with E-state index in [4.69, 9.17) is 5.73 Å². The van der Waals surface area contributed by atoms with Crippen LogP contribution in [-0.2, 0) is 0 Å². The molecule has 3 N–H and O–H groups in total. The van der Waals surface area contributed by atoms with Crippen molar-refractivity contribution in [3.8, 4) is 11.1 Å². The second kappa shape index (κ2) is 5.31. The minimum absolute atomic E-state index is 0.576. The highest BCUT2D eigenvalue weighted by Gasteiger charge is 2.25. The summed E-state index contributed by atoms with van der Waals surface area (Å²) < 4.78 is 0. The molecule has 1 aromatic carbocycles. The fourth-order valence-electron chi connectivity index (χ4n) is 3.24. The zero-order valence-electron chi connectivity index (χ0n) is 12.3. The van der Waals surface area contributed by atoms with Crippen LogP contribution in [0.5, 0.6) is 0 Å². The Balaban J connectivity index is 1.95. The van der Waals surface area contributed by atoms with Gasteiger partial charge in [-0.05, 0) is 31.2 Å².